The molecule has 16 heavy (non-hydrogen) atoms. The summed E-state index contributed by atoms with van der Waals surface area (Å²) >= 11 is 5.87. The molecule has 0 atom stereocenters. The van der Waals surface area contributed by atoms with Crippen LogP contribution in [0, 0.1) is 12.7 Å². The van der Waals surface area contributed by atoms with Crippen LogP contribution in [0.25, 0.3) is 0 Å². The van der Waals surface area contributed by atoms with Crippen LogP contribution in [0.3, 0.4) is 0 Å². The van der Waals surface area contributed by atoms with Gasteiger partial charge in [-0.25, -0.2) is 4.39 Å². The van der Waals surface area contributed by atoms with Gasteiger partial charge in [0.25, 0.3) is 0 Å². The Hall–Kier alpha value is -1.62. The van der Waals surface area contributed by atoms with Gasteiger partial charge in [-0.15, -0.1) is 10.2 Å². The van der Waals surface area contributed by atoms with Crippen molar-refractivity contribution in [3.05, 3.63) is 40.8 Å². The molecule has 4 nitrogen and oxygen atoms in total. The van der Waals surface area contributed by atoms with Crippen molar-refractivity contribution in [2.24, 2.45) is 0 Å². The van der Waals surface area contributed by atoms with E-state index in [1.54, 1.807) is 6.92 Å². The summed E-state index contributed by atoms with van der Waals surface area (Å²) in [6.45, 7) is 2.01. The summed E-state index contributed by atoms with van der Waals surface area (Å²) in [6.07, 6.45) is 0. The van der Waals surface area contributed by atoms with E-state index in [2.05, 4.69) is 15.5 Å². The fourth-order valence-electron chi connectivity index (χ4n) is 1.21. The van der Waals surface area contributed by atoms with Gasteiger partial charge >= 0.3 is 0 Å². The predicted octanol–water partition coefficient (Wildman–Crippen LogP) is 2.78. The third kappa shape index (κ3) is 2.49. The number of aryl methyl sites for hydroxylation is 1. The first-order valence-electron chi connectivity index (χ1n) is 4.63. The normalized spacial score (nSPS) is 10.4. The number of nitrogens with zero attached hydrogens (tertiary/aromatic N) is 2. The summed E-state index contributed by atoms with van der Waals surface area (Å²) in [5.41, 5.74) is 0.498. The van der Waals surface area contributed by atoms with Crippen molar-refractivity contribution in [1.29, 1.82) is 0 Å². The largest absolute Gasteiger partial charge is 0.424 e. The molecular formula is C10H9ClFN3O. The second-order valence-electron chi connectivity index (χ2n) is 3.19. The van der Waals surface area contributed by atoms with E-state index in [1.165, 1.54) is 18.2 Å². The zero-order valence-electron chi connectivity index (χ0n) is 8.50. The number of anilines is 1. The molecule has 2 rings (SSSR count). The van der Waals surface area contributed by atoms with Gasteiger partial charge in [-0.3, -0.25) is 0 Å². The maximum absolute atomic E-state index is 12.9. The summed E-state index contributed by atoms with van der Waals surface area (Å²) in [6, 6.07) is 4.09. The highest BCUT2D eigenvalue weighted by molar-refractivity contribution is 6.33. The summed E-state index contributed by atoms with van der Waals surface area (Å²) in [5, 5.41) is 10.8. The fraction of sp³-hybridized carbons (Fsp3) is 0.200. The van der Waals surface area contributed by atoms with Crippen LogP contribution in [0.5, 0.6) is 0 Å². The highest BCUT2D eigenvalue weighted by Crippen LogP contribution is 2.22. The van der Waals surface area contributed by atoms with Crippen LogP contribution >= 0.6 is 11.6 Å². The standard InChI is InChI=1S/C10H9ClFN3O/c1-6-14-15-10(16-6)5-13-9-4-7(12)2-3-8(9)11/h2-4,13H,5H2,1H3. The molecule has 0 radical (unpaired) electrons. The number of nitrogens with one attached hydrogen (secondary N) is 1. The van der Waals surface area contributed by atoms with E-state index in [4.69, 9.17) is 16.0 Å². The molecule has 1 heterocycles. The molecule has 2 aromatic rings. The van der Waals surface area contributed by atoms with Crippen molar-refractivity contribution in [3.8, 4) is 0 Å². The van der Waals surface area contributed by atoms with Crippen LogP contribution < -0.4 is 5.32 Å². The van der Waals surface area contributed by atoms with E-state index in [0.29, 0.717) is 29.0 Å². The number of aromatic nitrogens is 2. The average Bonchev–Trinajstić information content (AvgIpc) is 2.66. The average molecular weight is 242 g/mol. The third-order valence-corrected chi connectivity index (χ3v) is 2.26. The molecule has 0 fully saturated rings. The Morgan fingerprint density at radius 3 is 2.94 bits per heavy atom. The van der Waals surface area contributed by atoms with Crippen molar-refractivity contribution < 1.29 is 8.81 Å². The molecular weight excluding hydrogens is 233 g/mol. The third-order valence-electron chi connectivity index (χ3n) is 1.93. The van der Waals surface area contributed by atoms with Crippen molar-refractivity contribution in [2.45, 2.75) is 13.5 Å². The van der Waals surface area contributed by atoms with Crippen LogP contribution in [0.1, 0.15) is 11.8 Å². The molecule has 0 aliphatic rings. The van der Waals surface area contributed by atoms with Gasteiger partial charge in [-0.05, 0) is 18.2 Å². The van der Waals surface area contributed by atoms with E-state index >= 15 is 0 Å². The Kier molecular flexibility index (Phi) is 3.05. The first-order valence-corrected chi connectivity index (χ1v) is 5.01. The van der Waals surface area contributed by atoms with E-state index < -0.39 is 0 Å². The lowest BCUT2D eigenvalue weighted by atomic mass is 10.3. The molecule has 1 aromatic carbocycles. The molecule has 0 spiro atoms. The maximum atomic E-state index is 12.9. The van der Waals surface area contributed by atoms with Gasteiger partial charge < -0.3 is 9.73 Å². The summed E-state index contributed by atoms with van der Waals surface area (Å²) < 4.78 is 18.1. The smallest absolute Gasteiger partial charge is 0.235 e. The van der Waals surface area contributed by atoms with Crippen LogP contribution in [0.15, 0.2) is 22.6 Å². The molecule has 6 heteroatoms. The monoisotopic (exact) mass is 241 g/mol. The lowest BCUT2D eigenvalue weighted by Crippen LogP contribution is -2.00. The quantitative estimate of drug-likeness (QED) is 0.898. The van der Waals surface area contributed by atoms with Crippen LogP contribution in [0.2, 0.25) is 5.02 Å². The van der Waals surface area contributed by atoms with Crippen LogP contribution in [-0.4, -0.2) is 10.2 Å². The summed E-state index contributed by atoms with van der Waals surface area (Å²) in [5.74, 6) is 0.563. The zero-order valence-corrected chi connectivity index (χ0v) is 9.25. The van der Waals surface area contributed by atoms with E-state index in [-0.39, 0.29) is 5.82 Å². The first-order chi connectivity index (χ1) is 7.65. The summed E-state index contributed by atoms with van der Waals surface area (Å²) in [7, 11) is 0. The van der Waals surface area contributed by atoms with Crippen molar-refractivity contribution in [2.75, 3.05) is 5.32 Å². The van der Waals surface area contributed by atoms with Gasteiger partial charge in [0.1, 0.15) is 5.82 Å². The molecule has 0 amide bonds. The predicted molar refractivity (Wildman–Crippen MR) is 57.8 cm³/mol. The minimum atomic E-state index is -0.353. The molecule has 84 valence electrons. The van der Waals surface area contributed by atoms with Gasteiger partial charge in [0.15, 0.2) is 0 Å². The number of halogens is 2. The number of benzene rings is 1. The Bertz CT molecular complexity index is 501. The topological polar surface area (TPSA) is 51.0 Å². The fourth-order valence-corrected chi connectivity index (χ4v) is 1.40. The molecule has 0 bridgehead atoms. The van der Waals surface area contributed by atoms with Crippen LogP contribution in [-0.2, 0) is 6.54 Å². The van der Waals surface area contributed by atoms with E-state index in [9.17, 15) is 4.39 Å². The lowest BCUT2D eigenvalue weighted by molar-refractivity contribution is 0.474. The second kappa shape index (κ2) is 4.49. The molecule has 0 aliphatic carbocycles. The van der Waals surface area contributed by atoms with Gasteiger partial charge in [-0.2, -0.15) is 0 Å². The lowest BCUT2D eigenvalue weighted by Gasteiger charge is -2.05. The van der Waals surface area contributed by atoms with Gasteiger partial charge in [0, 0.05) is 6.92 Å². The molecule has 0 saturated carbocycles. The highest BCUT2D eigenvalue weighted by Gasteiger charge is 2.05. The molecule has 0 saturated heterocycles. The molecule has 1 aromatic heterocycles. The molecule has 0 aliphatic heterocycles. The van der Waals surface area contributed by atoms with Gasteiger partial charge in [0.05, 0.1) is 17.3 Å². The zero-order chi connectivity index (χ0) is 11.5. The maximum Gasteiger partial charge on any atom is 0.235 e. The Morgan fingerprint density at radius 2 is 2.25 bits per heavy atom. The minimum absolute atomic E-state index is 0.310. The highest BCUT2D eigenvalue weighted by atomic mass is 35.5. The Morgan fingerprint density at radius 1 is 1.44 bits per heavy atom. The molecule has 1 N–H and O–H groups in total. The summed E-state index contributed by atoms with van der Waals surface area (Å²) in [4.78, 5) is 0. The first kappa shape index (κ1) is 10.9. The molecule has 0 unspecified atom stereocenters. The van der Waals surface area contributed by atoms with Gasteiger partial charge in [0.2, 0.25) is 11.8 Å². The van der Waals surface area contributed by atoms with Crippen molar-refractivity contribution in [3.63, 3.8) is 0 Å². The second-order valence-corrected chi connectivity index (χ2v) is 3.60. The Balaban J connectivity index is 2.07. The minimum Gasteiger partial charge on any atom is -0.424 e. The van der Waals surface area contributed by atoms with Gasteiger partial charge in [-0.1, -0.05) is 11.6 Å². The van der Waals surface area contributed by atoms with Crippen LogP contribution in [0.4, 0.5) is 10.1 Å². The van der Waals surface area contributed by atoms with Crippen molar-refractivity contribution >= 4 is 17.3 Å². The Labute approximate surface area is 96.4 Å². The van der Waals surface area contributed by atoms with E-state index in [0.717, 1.165) is 0 Å². The number of hydrogen-bond acceptors (Lipinski definition) is 4. The number of hydrogen-bond donors (Lipinski definition) is 1. The van der Waals surface area contributed by atoms with Crippen molar-refractivity contribution in [1.82, 2.24) is 10.2 Å². The number of rotatable bonds is 3. The SMILES string of the molecule is Cc1nnc(CNc2cc(F)ccc2Cl)o1. The van der Waals surface area contributed by atoms with E-state index in [1.807, 2.05) is 0 Å².